The van der Waals surface area contributed by atoms with Crippen molar-refractivity contribution in [3.63, 3.8) is 0 Å². The van der Waals surface area contributed by atoms with Crippen molar-refractivity contribution in [2.75, 3.05) is 13.2 Å². The van der Waals surface area contributed by atoms with Crippen LogP contribution in [0.1, 0.15) is 44.6 Å². The zero-order valence-electron chi connectivity index (χ0n) is 12.8. The molecular weight excluding hydrogens is 286 g/mol. The first-order valence-corrected chi connectivity index (χ1v) is 8.24. The number of nitrogens with one attached hydrogen (secondary N) is 1. The van der Waals surface area contributed by atoms with E-state index in [1.54, 1.807) is 0 Å². The van der Waals surface area contributed by atoms with E-state index in [1.807, 2.05) is 24.3 Å². The van der Waals surface area contributed by atoms with Crippen molar-refractivity contribution in [3.8, 4) is 5.75 Å². The Labute approximate surface area is 132 Å². The molecule has 2 rings (SSSR count). The molecule has 1 amide bonds. The highest BCUT2D eigenvalue weighted by Crippen LogP contribution is 2.33. The molecule has 0 saturated carbocycles. The van der Waals surface area contributed by atoms with Crippen LogP contribution >= 0.6 is 11.6 Å². The molecule has 0 saturated heterocycles. The second kappa shape index (κ2) is 7.69. The van der Waals surface area contributed by atoms with Gasteiger partial charge in [-0.25, -0.2) is 0 Å². The van der Waals surface area contributed by atoms with Gasteiger partial charge in [-0.3, -0.25) is 4.79 Å². The van der Waals surface area contributed by atoms with Crippen LogP contribution in [0.25, 0.3) is 0 Å². The molecule has 116 valence electrons. The number of rotatable bonds is 6. The van der Waals surface area contributed by atoms with Gasteiger partial charge in [-0.15, -0.1) is 11.6 Å². The topological polar surface area (TPSA) is 38.3 Å². The third-order valence-electron chi connectivity index (χ3n) is 4.31. The fourth-order valence-corrected chi connectivity index (χ4v) is 3.34. The minimum Gasteiger partial charge on any atom is -0.493 e. The molecule has 1 aliphatic heterocycles. The summed E-state index contributed by atoms with van der Waals surface area (Å²) in [5.74, 6) is 1.21. The van der Waals surface area contributed by atoms with E-state index < -0.39 is 0 Å². The zero-order valence-corrected chi connectivity index (χ0v) is 13.5. The summed E-state index contributed by atoms with van der Waals surface area (Å²) in [6.45, 7) is 5.40. The lowest BCUT2D eigenvalue weighted by atomic mass is 9.92. The molecule has 0 aromatic heterocycles. The van der Waals surface area contributed by atoms with E-state index in [0.717, 1.165) is 30.6 Å². The maximum Gasteiger partial charge on any atom is 0.227 e. The smallest absolute Gasteiger partial charge is 0.227 e. The van der Waals surface area contributed by atoms with Crippen LogP contribution < -0.4 is 10.1 Å². The third-order valence-corrected chi connectivity index (χ3v) is 4.82. The van der Waals surface area contributed by atoms with Crippen molar-refractivity contribution in [3.05, 3.63) is 29.8 Å². The van der Waals surface area contributed by atoms with Crippen LogP contribution in [-0.4, -0.2) is 24.4 Å². The molecule has 0 bridgehead atoms. The molecular formula is C17H24ClNO2. The van der Waals surface area contributed by atoms with Crippen LogP contribution in [0.5, 0.6) is 5.75 Å². The summed E-state index contributed by atoms with van der Waals surface area (Å²) in [5.41, 5.74) is 0.981. The van der Waals surface area contributed by atoms with Gasteiger partial charge in [0.1, 0.15) is 5.75 Å². The number of para-hydroxylation sites is 1. The number of hydrogen-bond donors (Lipinski definition) is 1. The van der Waals surface area contributed by atoms with Crippen molar-refractivity contribution >= 4 is 17.5 Å². The summed E-state index contributed by atoms with van der Waals surface area (Å²) in [4.78, 5) is 12.4. The molecule has 0 aliphatic carbocycles. The number of ether oxygens (including phenoxy) is 1. The van der Waals surface area contributed by atoms with E-state index in [1.165, 1.54) is 0 Å². The first-order chi connectivity index (χ1) is 10.2. The number of benzene rings is 1. The largest absolute Gasteiger partial charge is 0.493 e. The minimum absolute atomic E-state index is 0.000894. The highest BCUT2D eigenvalue weighted by molar-refractivity contribution is 6.21. The minimum atomic E-state index is -0.125. The Bertz CT molecular complexity index is 474. The van der Waals surface area contributed by atoms with Gasteiger partial charge in [0, 0.05) is 12.1 Å². The van der Waals surface area contributed by atoms with Crippen molar-refractivity contribution in [1.82, 2.24) is 5.32 Å². The number of carbonyl (C=O) groups excluding carboxylic acids is 1. The molecule has 1 aromatic carbocycles. The monoisotopic (exact) mass is 309 g/mol. The van der Waals surface area contributed by atoms with Crippen LogP contribution in [-0.2, 0) is 4.79 Å². The Morgan fingerprint density at radius 1 is 1.38 bits per heavy atom. The van der Waals surface area contributed by atoms with Gasteiger partial charge in [0.2, 0.25) is 5.91 Å². The Hall–Kier alpha value is -1.22. The molecule has 1 aromatic rings. The van der Waals surface area contributed by atoms with Gasteiger partial charge >= 0.3 is 0 Å². The third kappa shape index (κ3) is 3.91. The fraction of sp³-hybridized carbons (Fsp3) is 0.588. The lowest BCUT2D eigenvalue weighted by molar-refractivity contribution is -0.123. The normalized spacial score (nSPS) is 18.8. The molecule has 2 atom stereocenters. The second-order valence-electron chi connectivity index (χ2n) is 5.57. The standard InChI is InChI=1S/C17H24ClNO2/c1-3-12(4-2)15(18)11-19-17(20)14-9-10-21-16-8-6-5-7-13(14)16/h5-8,12,14-15H,3-4,9-11H2,1-2H3,(H,19,20). The number of amides is 1. The molecule has 0 fully saturated rings. The van der Waals surface area contributed by atoms with E-state index in [0.29, 0.717) is 19.1 Å². The molecule has 21 heavy (non-hydrogen) atoms. The van der Waals surface area contributed by atoms with Crippen LogP contribution in [0, 0.1) is 5.92 Å². The van der Waals surface area contributed by atoms with Crippen LogP contribution in [0.3, 0.4) is 0 Å². The van der Waals surface area contributed by atoms with Gasteiger partial charge in [-0.05, 0) is 18.4 Å². The van der Waals surface area contributed by atoms with Crippen molar-refractivity contribution in [2.24, 2.45) is 5.92 Å². The molecule has 1 N–H and O–H groups in total. The molecule has 1 aliphatic rings. The summed E-state index contributed by atoms with van der Waals surface area (Å²) in [7, 11) is 0. The van der Waals surface area contributed by atoms with Crippen molar-refractivity contribution in [1.29, 1.82) is 0 Å². The summed E-state index contributed by atoms with van der Waals surface area (Å²) >= 11 is 6.39. The maximum absolute atomic E-state index is 12.4. The molecule has 1 heterocycles. The summed E-state index contributed by atoms with van der Waals surface area (Å²) in [5, 5.41) is 3.01. The average Bonchev–Trinajstić information content (AvgIpc) is 2.53. The molecule has 3 nitrogen and oxygen atoms in total. The molecule has 0 radical (unpaired) electrons. The number of fused-ring (bicyclic) bond motifs is 1. The first kappa shape index (κ1) is 16.2. The Morgan fingerprint density at radius 2 is 2.10 bits per heavy atom. The van der Waals surface area contributed by atoms with E-state index in [-0.39, 0.29) is 17.2 Å². The van der Waals surface area contributed by atoms with Crippen LogP contribution in [0.2, 0.25) is 0 Å². The maximum atomic E-state index is 12.4. The number of halogens is 1. The first-order valence-electron chi connectivity index (χ1n) is 7.80. The van der Waals surface area contributed by atoms with Gasteiger partial charge in [0.05, 0.1) is 17.9 Å². The highest BCUT2D eigenvalue weighted by atomic mass is 35.5. The van der Waals surface area contributed by atoms with E-state index in [2.05, 4.69) is 19.2 Å². The summed E-state index contributed by atoms with van der Waals surface area (Å²) in [6.07, 6.45) is 2.81. The highest BCUT2D eigenvalue weighted by Gasteiger charge is 2.28. The van der Waals surface area contributed by atoms with E-state index in [9.17, 15) is 4.79 Å². The quantitative estimate of drug-likeness (QED) is 0.813. The zero-order chi connectivity index (χ0) is 15.2. The second-order valence-corrected chi connectivity index (χ2v) is 6.13. The molecule has 4 heteroatoms. The van der Waals surface area contributed by atoms with Gasteiger partial charge in [-0.2, -0.15) is 0 Å². The van der Waals surface area contributed by atoms with Gasteiger partial charge in [-0.1, -0.05) is 44.9 Å². The van der Waals surface area contributed by atoms with E-state index in [4.69, 9.17) is 16.3 Å². The van der Waals surface area contributed by atoms with Crippen molar-refractivity contribution in [2.45, 2.75) is 44.4 Å². The molecule has 0 spiro atoms. The lowest BCUT2D eigenvalue weighted by Gasteiger charge is -2.26. The number of carbonyl (C=O) groups is 1. The molecule has 2 unspecified atom stereocenters. The number of alkyl halides is 1. The Balaban J connectivity index is 1.96. The predicted molar refractivity (Wildman–Crippen MR) is 86.0 cm³/mol. The Morgan fingerprint density at radius 3 is 2.81 bits per heavy atom. The van der Waals surface area contributed by atoms with Crippen LogP contribution in [0.15, 0.2) is 24.3 Å². The van der Waals surface area contributed by atoms with E-state index >= 15 is 0 Å². The summed E-state index contributed by atoms with van der Waals surface area (Å²) < 4.78 is 5.60. The number of hydrogen-bond acceptors (Lipinski definition) is 2. The van der Waals surface area contributed by atoms with Gasteiger partial charge in [0.25, 0.3) is 0 Å². The fourth-order valence-electron chi connectivity index (χ4n) is 2.90. The van der Waals surface area contributed by atoms with Gasteiger partial charge < -0.3 is 10.1 Å². The lowest BCUT2D eigenvalue weighted by Crippen LogP contribution is -2.37. The SMILES string of the molecule is CCC(CC)C(Cl)CNC(=O)C1CCOc2ccccc21. The van der Waals surface area contributed by atoms with Crippen LogP contribution in [0.4, 0.5) is 0 Å². The Kier molecular flexibility index (Phi) is 5.92. The predicted octanol–water partition coefficient (Wildman–Crippen LogP) is 3.71. The van der Waals surface area contributed by atoms with Crippen molar-refractivity contribution < 1.29 is 9.53 Å². The average molecular weight is 310 g/mol. The van der Waals surface area contributed by atoms with Gasteiger partial charge in [0.15, 0.2) is 0 Å². The summed E-state index contributed by atoms with van der Waals surface area (Å²) in [6, 6.07) is 7.77.